The number of hydrogen-bond donors (Lipinski definition) is 1. The molecule has 2 heterocycles. The predicted octanol–water partition coefficient (Wildman–Crippen LogP) is 4.85. The second kappa shape index (κ2) is 10.3. The number of carbonyl (C=O) groups is 1. The van der Waals surface area contributed by atoms with E-state index in [2.05, 4.69) is 45.4 Å². The van der Waals surface area contributed by atoms with E-state index in [1.54, 1.807) is 12.0 Å². The van der Waals surface area contributed by atoms with Crippen LogP contribution in [0.4, 0.5) is 4.79 Å². The Bertz CT molecular complexity index is 1090. The summed E-state index contributed by atoms with van der Waals surface area (Å²) in [4.78, 5) is 16.4. The number of rotatable bonds is 6. The average Bonchev–Trinajstić information content (AvgIpc) is 3.32. The molecule has 1 N–H and O–H groups in total. The van der Waals surface area contributed by atoms with Gasteiger partial charge in [0.1, 0.15) is 11.4 Å². The van der Waals surface area contributed by atoms with Gasteiger partial charge in [0.05, 0.1) is 18.5 Å². The van der Waals surface area contributed by atoms with Crippen molar-refractivity contribution < 1.29 is 14.3 Å². The summed E-state index contributed by atoms with van der Waals surface area (Å²) in [6, 6.07) is 18.6. The molecule has 0 radical (unpaired) electrons. The van der Waals surface area contributed by atoms with E-state index < -0.39 is 5.60 Å². The summed E-state index contributed by atoms with van der Waals surface area (Å²) in [6.07, 6.45) is 0.762. The normalized spacial score (nSPS) is 14.8. The Hall–Kier alpha value is -3.32. The smallest absolute Gasteiger partial charge is 0.410 e. The van der Waals surface area contributed by atoms with E-state index in [4.69, 9.17) is 9.47 Å². The van der Waals surface area contributed by atoms with Crippen molar-refractivity contribution in [2.45, 2.75) is 32.8 Å². The molecule has 1 fully saturated rings. The highest BCUT2D eigenvalue weighted by atomic mass is 16.6. The Kier molecular flexibility index (Phi) is 7.22. The summed E-state index contributed by atoms with van der Waals surface area (Å²) < 4.78 is 10.9. The molecule has 34 heavy (non-hydrogen) atoms. The van der Waals surface area contributed by atoms with Crippen molar-refractivity contribution in [2.24, 2.45) is 0 Å². The molecular weight excluding hydrogens is 428 g/mol. The standard InChI is InChI=1S/C27H34N4O3/c1-27(2,3)34-26(32)31-17-15-30(16-18-31)14-13-20-9-11-21(12-10-20)23-19-24(29-28-23)22-7-5-6-8-25(22)33-4/h5-12,19H,13-18H2,1-4H3,(H,28,29). The molecule has 1 aromatic heterocycles. The van der Waals surface area contributed by atoms with Crippen LogP contribution in [0, 0.1) is 0 Å². The van der Waals surface area contributed by atoms with Crippen LogP contribution in [0.5, 0.6) is 5.75 Å². The van der Waals surface area contributed by atoms with E-state index >= 15 is 0 Å². The van der Waals surface area contributed by atoms with Gasteiger partial charge in [-0.05, 0) is 56.5 Å². The van der Waals surface area contributed by atoms with Gasteiger partial charge in [0.2, 0.25) is 0 Å². The molecule has 1 aliphatic rings. The lowest BCUT2D eigenvalue weighted by Gasteiger charge is -2.35. The molecule has 1 saturated heterocycles. The minimum atomic E-state index is -0.452. The molecule has 0 spiro atoms. The number of aromatic amines is 1. The van der Waals surface area contributed by atoms with Crippen LogP contribution < -0.4 is 4.74 Å². The van der Waals surface area contributed by atoms with E-state index in [-0.39, 0.29) is 6.09 Å². The molecule has 1 aliphatic heterocycles. The Labute approximate surface area is 201 Å². The number of H-pyrrole nitrogens is 1. The van der Waals surface area contributed by atoms with Crippen LogP contribution in [-0.2, 0) is 11.2 Å². The van der Waals surface area contributed by atoms with Gasteiger partial charge in [-0.15, -0.1) is 0 Å². The maximum atomic E-state index is 12.2. The number of benzene rings is 2. The summed E-state index contributed by atoms with van der Waals surface area (Å²) in [5.74, 6) is 0.808. The highest BCUT2D eigenvalue weighted by molar-refractivity contribution is 5.72. The van der Waals surface area contributed by atoms with Crippen molar-refractivity contribution in [3.05, 3.63) is 60.2 Å². The number of carbonyl (C=O) groups excluding carboxylic acids is 1. The number of para-hydroxylation sites is 1. The van der Waals surface area contributed by atoms with Crippen LogP contribution in [0.25, 0.3) is 22.5 Å². The van der Waals surface area contributed by atoms with Crippen LogP contribution in [-0.4, -0.2) is 71.5 Å². The first kappa shape index (κ1) is 23.8. The number of nitrogens with one attached hydrogen (secondary N) is 1. The lowest BCUT2D eigenvalue weighted by atomic mass is 10.1. The van der Waals surface area contributed by atoms with Crippen LogP contribution in [0.1, 0.15) is 26.3 Å². The highest BCUT2D eigenvalue weighted by Crippen LogP contribution is 2.30. The van der Waals surface area contributed by atoms with E-state index in [9.17, 15) is 4.79 Å². The number of piperazine rings is 1. The molecule has 0 unspecified atom stereocenters. The molecule has 180 valence electrons. The molecule has 4 rings (SSSR count). The Morgan fingerprint density at radius 2 is 1.74 bits per heavy atom. The second-order valence-electron chi connectivity index (χ2n) is 9.62. The first-order valence-corrected chi connectivity index (χ1v) is 11.8. The Morgan fingerprint density at radius 1 is 1.03 bits per heavy atom. The zero-order valence-corrected chi connectivity index (χ0v) is 20.5. The zero-order chi connectivity index (χ0) is 24.1. The van der Waals surface area contributed by atoms with Gasteiger partial charge in [-0.25, -0.2) is 4.79 Å². The summed E-state index contributed by atoms with van der Waals surface area (Å²) in [7, 11) is 1.67. The molecule has 0 aliphatic carbocycles. The van der Waals surface area contributed by atoms with E-state index in [1.165, 1.54) is 5.56 Å². The highest BCUT2D eigenvalue weighted by Gasteiger charge is 2.25. The lowest BCUT2D eigenvalue weighted by molar-refractivity contribution is 0.0146. The van der Waals surface area contributed by atoms with Crippen molar-refractivity contribution in [3.8, 4) is 28.3 Å². The van der Waals surface area contributed by atoms with Crippen molar-refractivity contribution in [1.29, 1.82) is 0 Å². The second-order valence-corrected chi connectivity index (χ2v) is 9.62. The molecule has 3 aromatic rings. The summed E-state index contributed by atoms with van der Waals surface area (Å²) in [6.45, 7) is 9.84. The topological polar surface area (TPSA) is 70.7 Å². The van der Waals surface area contributed by atoms with Gasteiger partial charge >= 0.3 is 6.09 Å². The summed E-state index contributed by atoms with van der Waals surface area (Å²) >= 11 is 0. The fourth-order valence-corrected chi connectivity index (χ4v) is 4.08. The number of nitrogens with zero attached hydrogens (tertiary/aromatic N) is 3. The average molecular weight is 463 g/mol. The molecule has 7 heteroatoms. The largest absolute Gasteiger partial charge is 0.496 e. The van der Waals surface area contributed by atoms with Crippen molar-refractivity contribution >= 4 is 6.09 Å². The summed E-state index contributed by atoms with van der Waals surface area (Å²) in [5, 5.41) is 7.63. The van der Waals surface area contributed by atoms with Gasteiger partial charge in [-0.2, -0.15) is 5.10 Å². The zero-order valence-electron chi connectivity index (χ0n) is 20.5. The van der Waals surface area contributed by atoms with Gasteiger partial charge in [-0.1, -0.05) is 36.4 Å². The number of aromatic nitrogens is 2. The third-order valence-electron chi connectivity index (χ3n) is 5.97. The molecule has 0 saturated carbocycles. The molecular formula is C27H34N4O3. The molecule has 0 atom stereocenters. The number of ether oxygens (including phenoxy) is 2. The third-order valence-corrected chi connectivity index (χ3v) is 5.97. The molecule has 2 aromatic carbocycles. The SMILES string of the molecule is COc1ccccc1-c1cc(-c2ccc(CCN3CCN(C(=O)OC(C)(C)C)CC3)cc2)[nH]n1. The van der Waals surface area contributed by atoms with Gasteiger partial charge in [0, 0.05) is 38.3 Å². The first-order valence-electron chi connectivity index (χ1n) is 11.8. The Balaban J connectivity index is 1.29. The molecule has 7 nitrogen and oxygen atoms in total. The minimum absolute atomic E-state index is 0.213. The van der Waals surface area contributed by atoms with Crippen molar-refractivity contribution in [3.63, 3.8) is 0 Å². The van der Waals surface area contributed by atoms with Crippen LogP contribution in [0.3, 0.4) is 0 Å². The number of amides is 1. The number of methoxy groups -OCH3 is 1. The fraction of sp³-hybridized carbons (Fsp3) is 0.407. The monoisotopic (exact) mass is 462 g/mol. The molecule has 1 amide bonds. The fourth-order valence-electron chi connectivity index (χ4n) is 4.08. The minimum Gasteiger partial charge on any atom is -0.496 e. The van der Waals surface area contributed by atoms with E-state index in [0.717, 1.165) is 54.3 Å². The maximum Gasteiger partial charge on any atom is 0.410 e. The molecule has 0 bridgehead atoms. The van der Waals surface area contributed by atoms with E-state index in [0.29, 0.717) is 13.1 Å². The summed E-state index contributed by atoms with van der Waals surface area (Å²) in [5.41, 5.74) is 4.75. The van der Waals surface area contributed by atoms with Crippen molar-refractivity contribution in [2.75, 3.05) is 39.8 Å². The first-order chi connectivity index (χ1) is 16.3. The number of hydrogen-bond acceptors (Lipinski definition) is 5. The van der Waals surface area contributed by atoms with Crippen LogP contribution >= 0.6 is 0 Å². The van der Waals surface area contributed by atoms with Crippen molar-refractivity contribution in [1.82, 2.24) is 20.0 Å². The van der Waals surface area contributed by atoms with Gasteiger partial charge in [0.25, 0.3) is 0 Å². The predicted molar refractivity (Wildman–Crippen MR) is 134 cm³/mol. The van der Waals surface area contributed by atoms with Gasteiger partial charge < -0.3 is 14.4 Å². The lowest BCUT2D eigenvalue weighted by Crippen LogP contribution is -2.50. The quantitative estimate of drug-likeness (QED) is 0.567. The van der Waals surface area contributed by atoms with Crippen LogP contribution in [0.2, 0.25) is 0 Å². The van der Waals surface area contributed by atoms with Gasteiger partial charge in [-0.3, -0.25) is 10.00 Å². The Morgan fingerprint density at radius 3 is 2.41 bits per heavy atom. The van der Waals surface area contributed by atoms with Crippen LogP contribution in [0.15, 0.2) is 54.6 Å². The maximum absolute atomic E-state index is 12.2. The van der Waals surface area contributed by atoms with Gasteiger partial charge in [0.15, 0.2) is 0 Å². The third kappa shape index (κ3) is 5.97. The van der Waals surface area contributed by atoms with E-state index in [1.807, 2.05) is 45.0 Å².